The summed E-state index contributed by atoms with van der Waals surface area (Å²) in [6.45, 7) is 5.19. The van der Waals surface area contributed by atoms with E-state index in [1.165, 1.54) is 24.8 Å². The highest BCUT2D eigenvalue weighted by atomic mass is 16.5. The summed E-state index contributed by atoms with van der Waals surface area (Å²) >= 11 is 0. The minimum atomic E-state index is 0.611. The third-order valence-electron chi connectivity index (χ3n) is 3.86. The Morgan fingerprint density at radius 3 is 2.43 bits per heavy atom. The summed E-state index contributed by atoms with van der Waals surface area (Å²) in [7, 11) is 0. The molecule has 0 N–H and O–H groups in total. The van der Waals surface area contributed by atoms with Gasteiger partial charge < -0.3 is 4.74 Å². The van der Waals surface area contributed by atoms with Crippen molar-refractivity contribution in [1.82, 2.24) is 0 Å². The fourth-order valence-corrected chi connectivity index (χ4v) is 2.51. The number of benzene rings is 2. The van der Waals surface area contributed by atoms with Gasteiger partial charge in [-0.05, 0) is 30.4 Å². The maximum atomic E-state index is 5.98. The van der Waals surface area contributed by atoms with Crippen molar-refractivity contribution in [3.63, 3.8) is 0 Å². The first-order valence-corrected chi connectivity index (χ1v) is 8.68. The SMILES string of the molecule is CC(C)CCCC/C=C\c1ccccc1OCc1ccccc1. The monoisotopic (exact) mass is 308 g/mol. The van der Waals surface area contributed by atoms with E-state index in [2.05, 4.69) is 50.3 Å². The van der Waals surface area contributed by atoms with Crippen LogP contribution in [-0.4, -0.2) is 0 Å². The molecule has 0 amide bonds. The lowest BCUT2D eigenvalue weighted by atomic mass is 10.0. The summed E-state index contributed by atoms with van der Waals surface area (Å²) in [5, 5.41) is 0. The Balaban J connectivity index is 1.84. The lowest BCUT2D eigenvalue weighted by Gasteiger charge is -2.09. The Kier molecular flexibility index (Phi) is 7.45. The molecule has 23 heavy (non-hydrogen) atoms. The molecule has 0 radical (unpaired) electrons. The molecule has 2 aromatic carbocycles. The Bertz CT molecular complexity index is 584. The van der Waals surface area contributed by atoms with Gasteiger partial charge >= 0.3 is 0 Å². The molecule has 0 heterocycles. The van der Waals surface area contributed by atoms with Gasteiger partial charge in [0, 0.05) is 5.56 Å². The molecule has 1 nitrogen and oxygen atoms in total. The van der Waals surface area contributed by atoms with Crippen LogP contribution in [0.4, 0.5) is 0 Å². The zero-order valence-electron chi connectivity index (χ0n) is 14.4. The largest absolute Gasteiger partial charge is 0.488 e. The van der Waals surface area contributed by atoms with E-state index >= 15 is 0 Å². The van der Waals surface area contributed by atoms with Gasteiger partial charge in [-0.15, -0.1) is 0 Å². The third-order valence-corrected chi connectivity index (χ3v) is 3.86. The van der Waals surface area contributed by atoms with Crippen molar-refractivity contribution < 1.29 is 4.74 Å². The summed E-state index contributed by atoms with van der Waals surface area (Å²) in [6, 6.07) is 18.5. The van der Waals surface area contributed by atoms with Crippen LogP contribution in [0.25, 0.3) is 6.08 Å². The summed E-state index contributed by atoms with van der Waals surface area (Å²) < 4.78 is 5.98. The first-order chi connectivity index (χ1) is 11.3. The van der Waals surface area contributed by atoms with Crippen molar-refractivity contribution in [1.29, 1.82) is 0 Å². The normalized spacial score (nSPS) is 11.3. The number of hydrogen-bond donors (Lipinski definition) is 0. The Morgan fingerprint density at radius 2 is 1.65 bits per heavy atom. The maximum absolute atomic E-state index is 5.98. The van der Waals surface area contributed by atoms with Crippen LogP contribution in [0.3, 0.4) is 0 Å². The van der Waals surface area contributed by atoms with Gasteiger partial charge in [0.15, 0.2) is 0 Å². The van der Waals surface area contributed by atoms with E-state index in [0.29, 0.717) is 6.61 Å². The quantitative estimate of drug-likeness (QED) is 0.481. The summed E-state index contributed by atoms with van der Waals surface area (Å²) in [5.41, 5.74) is 2.35. The van der Waals surface area contributed by atoms with Crippen LogP contribution >= 0.6 is 0 Å². The minimum absolute atomic E-state index is 0.611. The Morgan fingerprint density at radius 1 is 0.913 bits per heavy atom. The summed E-state index contributed by atoms with van der Waals surface area (Å²) in [5.74, 6) is 1.76. The highest BCUT2D eigenvalue weighted by molar-refractivity contribution is 5.57. The zero-order valence-corrected chi connectivity index (χ0v) is 14.4. The standard InChI is InChI=1S/C22H28O/c1-19(2)12-6-3-4-9-15-21-16-10-11-17-22(21)23-18-20-13-7-5-8-14-20/h5,7-11,13-17,19H,3-4,6,12,18H2,1-2H3/b15-9-. The first kappa shape index (κ1) is 17.3. The highest BCUT2D eigenvalue weighted by Crippen LogP contribution is 2.21. The number of para-hydroxylation sites is 1. The molecule has 0 aromatic heterocycles. The molecule has 2 rings (SSSR count). The highest BCUT2D eigenvalue weighted by Gasteiger charge is 2.00. The average Bonchev–Trinajstić information content (AvgIpc) is 2.57. The molecule has 1 heteroatoms. The zero-order chi connectivity index (χ0) is 16.3. The van der Waals surface area contributed by atoms with Gasteiger partial charge in [-0.3, -0.25) is 0 Å². The molecule has 122 valence electrons. The van der Waals surface area contributed by atoms with E-state index < -0.39 is 0 Å². The van der Waals surface area contributed by atoms with Crippen molar-refractivity contribution in [3.05, 3.63) is 71.8 Å². The number of ether oxygens (including phenoxy) is 1. The van der Waals surface area contributed by atoms with E-state index in [4.69, 9.17) is 4.74 Å². The van der Waals surface area contributed by atoms with Crippen LogP contribution in [0.5, 0.6) is 5.75 Å². The Hall–Kier alpha value is -2.02. The molecule has 0 aliphatic carbocycles. The van der Waals surface area contributed by atoms with Crippen LogP contribution in [0.2, 0.25) is 0 Å². The van der Waals surface area contributed by atoms with Gasteiger partial charge in [0.1, 0.15) is 12.4 Å². The fraction of sp³-hybridized carbons (Fsp3) is 0.364. The lowest BCUT2D eigenvalue weighted by molar-refractivity contribution is 0.305. The van der Waals surface area contributed by atoms with E-state index in [9.17, 15) is 0 Å². The van der Waals surface area contributed by atoms with Crippen molar-refractivity contribution in [2.45, 2.75) is 46.1 Å². The average molecular weight is 308 g/mol. The minimum Gasteiger partial charge on any atom is -0.488 e. The van der Waals surface area contributed by atoms with Crippen molar-refractivity contribution in [3.8, 4) is 5.75 Å². The second-order valence-electron chi connectivity index (χ2n) is 6.39. The summed E-state index contributed by atoms with van der Waals surface area (Å²) in [6.07, 6.45) is 9.50. The maximum Gasteiger partial charge on any atom is 0.127 e. The second kappa shape index (κ2) is 9.89. The second-order valence-corrected chi connectivity index (χ2v) is 6.39. The number of rotatable bonds is 9. The van der Waals surface area contributed by atoms with Crippen LogP contribution in [0.15, 0.2) is 60.7 Å². The van der Waals surface area contributed by atoms with Gasteiger partial charge in [0.05, 0.1) is 0 Å². The van der Waals surface area contributed by atoms with Crippen molar-refractivity contribution >= 4 is 6.08 Å². The summed E-state index contributed by atoms with van der Waals surface area (Å²) in [4.78, 5) is 0. The van der Waals surface area contributed by atoms with Crippen LogP contribution in [0, 0.1) is 5.92 Å². The fourth-order valence-electron chi connectivity index (χ4n) is 2.51. The molecule has 2 aromatic rings. The van der Waals surface area contributed by atoms with E-state index in [1.54, 1.807) is 0 Å². The molecule has 0 bridgehead atoms. The molecule has 0 aliphatic heterocycles. The predicted molar refractivity (Wildman–Crippen MR) is 99.6 cm³/mol. The van der Waals surface area contributed by atoms with Crippen LogP contribution < -0.4 is 4.74 Å². The van der Waals surface area contributed by atoms with E-state index in [1.807, 2.05) is 30.3 Å². The lowest BCUT2D eigenvalue weighted by Crippen LogP contribution is -1.96. The number of unbranched alkanes of at least 4 members (excludes halogenated alkanes) is 2. The van der Waals surface area contributed by atoms with Crippen LogP contribution in [-0.2, 0) is 6.61 Å². The Labute approximate surface area is 141 Å². The molecule has 0 spiro atoms. The van der Waals surface area contributed by atoms with Gasteiger partial charge in [-0.2, -0.15) is 0 Å². The van der Waals surface area contributed by atoms with Crippen molar-refractivity contribution in [2.24, 2.45) is 5.92 Å². The van der Waals surface area contributed by atoms with Crippen LogP contribution in [0.1, 0.15) is 50.7 Å². The third kappa shape index (κ3) is 6.73. The van der Waals surface area contributed by atoms with Crippen molar-refractivity contribution in [2.75, 3.05) is 0 Å². The smallest absolute Gasteiger partial charge is 0.127 e. The molecular weight excluding hydrogens is 280 g/mol. The first-order valence-electron chi connectivity index (χ1n) is 8.68. The molecule has 0 aliphatic rings. The van der Waals surface area contributed by atoms with E-state index in [-0.39, 0.29) is 0 Å². The van der Waals surface area contributed by atoms with E-state index in [0.717, 1.165) is 23.7 Å². The van der Waals surface area contributed by atoms with Gasteiger partial charge in [0.2, 0.25) is 0 Å². The molecule has 0 atom stereocenters. The molecule has 0 unspecified atom stereocenters. The molecule has 0 fully saturated rings. The topological polar surface area (TPSA) is 9.23 Å². The molecule has 0 saturated heterocycles. The molecule has 0 saturated carbocycles. The van der Waals surface area contributed by atoms with Gasteiger partial charge in [-0.25, -0.2) is 0 Å². The predicted octanol–water partition coefficient (Wildman–Crippen LogP) is 6.50. The van der Waals surface area contributed by atoms with Gasteiger partial charge in [0.25, 0.3) is 0 Å². The number of allylic oxidation sites excluding steroid dienone is 1. The van der Waals surface area contributed by atoms with Gasteiger partial charge in [-0.1, -0.05) is 87.4 Å². The number of hydrogen-bond acceptors (Lipinski definition) is 1. The molecular formula is C22H28O.